The molecule has 0 spiro atoms. The fraction of sp³-hybridized carbons (Fsp3) is 0.296. The predicted octanol–water partition coefficient (Wildman–Crippen LogP) is 4.34. The molecule has 0 unspecified atom stereocenters. The van der Waals surface area contributed by atoms with Gasteiger partial charge < -0.3 is 14.6 Å². The second-order valence-corrected chi connectivity index (χ2v) is 9.74. The summed E-state index contributed by atoms with van der Waals surface area (Å²) in [6, 6.07) is 19.3. The van der Waals surface area contributed by atoms with Crippen LogP contribution in [0, 0.1) is 12.7 Å². The number of carbonyl (C=O) groups is 1. The van der Waals surface area contributed by atoms with Crippen molar-refractivity contribution < 1.29 is 36.4 Å². The third-order valence-electron chi connectivity index (χ3n) is 5.38. The highest BCUT2D eigenvalue weighted by Crippen LogP contribution is 2.25. The number of aliphatic hydroxyl groups excluding tert-OH is 1. The number of halogens is 1. The number of aliphatic hydroxyl groups is 1. The summed E-state index contributed by atoms with van der Waals surface area (Å²) in [4.78, 5) is 12.3. The van der Waals surface area contributed by atoms with Gasteiger partial charge in [0.25, 0.3) is 10.1 Å². The van der Waals surface area contributed by atoms with Gasteiger partial charge in [-0.3, -0.25) is 0 Å². The van der Waals surface area contributed by atoms with Crippen molar-refractivity contribution in [2.24, 2.45) is 0 Å². The molecule has 0 heterocycles. The zero-order valence-corrected chi connectivity index (χ0v) is 20.9. The highest BCUT2D eigenvalue weighted by Gasteiger charge is 2.35. The molecular formula is C27H29FO7S. The fourth-order valence-corrected chi connectivity index (χ4v) is 4.52. The standard InChI is InChI=1S/C27H29FO7S/c1-3-33-27(30)26(35-36(31,32)23-13-9-19(2)10-14-23)24(29)15-11-21-17-22(28)12-16-25(21)34-18-20-7-5-4-6-8-20/h4-10,12-14,16-17,24,26,29H,3,11,15,18H2,1-2H3/t24-,26+/m0/s1. The molecule has 7 nitrogen and oxygen atoms in total. The minimum Gasteiger partial charge on any atom is -0.489 e. The van der Waals surface area contributed by atoms with Gasteiger partial charge in [-0.1, -0.05) is 48.0 Å². The first-order valence-electron chi connectivity index (χ1n) is 11.5. The Morgan fingerprint density at radius 2 is 1.72 bits per heavy atom. The molecular weight excluding hydrogens is 487 g/mol. The molecule has 0 radical (unpaired) electrons. The van der Waals surface area contributed by atoms with Crippen LogP contribution in [0.3, 0.4) is 0 Å². The Bertz CT molecular complexity index is 1240. The molecule has 9 heteroatoms. The Hall–Kier alpha value is -3.27. The number of ether oxygens (including phenoxy) is 2. The zero-order valence-electron chi connectivity index (χ0n) is 20.1. The Kier molecular flexibility index (Phi) is 9.58. The van der Waals surface area contributed by atoms with Crippen molar-refractivity contribution >= 4 is 16.1 Å². The van der Waals surface area contributed by atoms with Crippen molar-refractivity contribution in [1.29, 1.82) is 0 Å². The quantitative estimate of drug-likeness (QED) is 0.282. The normalized spacial score (nSPS) is 13.1. The highest BCUT2D eigenvalue weighted by atomic mass is 32.2. The molecule has 0 aromatic heterocycles. The number of benzene rings is 3. The molecule has 0 aliphatic rings. The summed E-state index contributed by atoms with van der Waals surface area (Å²) in [5, 5.41) is 10.8. The average molecular weight is 517 g/mol. The van der Waals surface area contributed by atoms with E-state index in [4.69, 9.17) is 13.7 Å². The van der Waals surface area contributed by atoms with E-state index in [0.29, 0.717) is 11.3 Å². The van der Waals surface area contributed by atoms with Crippen LogP contribution in [0.2, 0.25) is 0 Å². The highest BCUT2D eigenvalue weighted by molar-refractivity contribution is 7.86. The molecule has 0 fully saturated rings. The van der Waals surface area contributed by atoms with Gasteiger partial charge in [0.1, 0.15) is 18.2 Å². The SMILES string of the molecule is CCOC(=O)[C@H](OS(=O)(=O)c1ccc(C)cc1)[C@@H](O)CCc1cc(F)ccc1OCc1ccccc1. The molecule has 0 aliphatic carbocycles. The van der Waals surface area contributed by atoms with Crippen molar-refractivity contribution in [3.05, 3.63) is 95.3 Å². The van der Waals surface area contributed by atoms with Gasteiger partial charge in [-0.2, -0.15) is 8.42 Å². The lowest BCUT2D eigenvalue weighted by Gasteiger charge is -2.22. The monoisotopic (exact) mass is 516 g/mol. The average Bonchev–Trinajstić information content (AvgIpc) is 2.86. The fourth-order valence-electron chi connectivity index (χ4n) is 3.46. The molecule has 192 valence electrons. The Morgan fingerprint density at radius 3 is 2.39 bits per heavy atom. The maximum Gasteiger partial charge on any atom is 0.339 e. The van der Waals surface area contributed by atoms with Gasteiger partial charge >= 0.3 is 5.97 Å². The number of aryl methyl sites for hydroxylation is 2. The third kappa shape index (κ3) is 7.61. The van der Waals surface area contributed by atoms with Crippen molar-refractivity contribution in [3.63, 3.8) is 0 Å². The van der Waals surface area contributed by atoms with Gasteiger partial charge in [-0.25, -0.2) is 13.4 Å². The van der Waals surface area contributed by atoms with Crippen LogP contribution in [-0.4, -0.2) is 38.3 Å². The summed E-state index contributed by atoms with van der Waals surface area (Å²) < 4.78 is 55.4. The number of esters is 1. The Labute approximate surface area is 210 Å². The van der Waals surface area contributed by atoms with E-state index in [2.05, 4.69) is 0 Å². The molecule has 3 aromatic carbocycles. The van der Waals surface area contributed by atoms with E-state index in [1.807, 2.05) is 30.3 Å². The van der Waals surface area contributed by atoms with Crippen LogP contribution < -0.4 is 4.74 Å². The smallest absolute Gasteiger partial charge is 0.339 e. The van der Waals surface area contributed by atoms with Crippen LogP contribution in [0.1, 0.15) is 30.0 Å². The summed E-state index contributed by atoms with van der Waals surface area (Å²) in [6.45, 7) is 3.58. The molecule has 2 atom stereocenters. The maximum atomic E-state index is 14.0. The largest absolute Gasteiger partial charge is 0.489 e. The van der Waals surface area contributed by atoms with Crippen LogP contribution in [-0.2, 0) is 36.9 Å². The van der Waals surface area contributed by atoms with Crippen LogP contribution in [0.4, 0.5) is 4.39 Å². The molecule has 0 amide bonds. The van der Waals surface area contributed by atoms with Gasteiger partial charge in [0.05, 0.1) is 17.6 Å². The minimum absolute atomic E-state index is 0.0304. The summed E-state index contributed by atoms with van der Waals surface area (Å²) in [7, 11) is -4.37. The van der Waals surface area contributed by atoms with Gasteiger partial charge in [-0.15, -0.1) is 0 Å². The van der Waals surface area contributed by atoms with Crippen LogP contribution in [0.5, 0.6) is 5.75 Å². The first kappa shape index (κ1) is 27.3. The summed E-state index contributed by atoms with van der Waals surface area (Å²) in [5.74, 6) is -1.10. The maximum absolute atomic E-state index is 14.0. The van der Waals surface area contributed by atoms with E-state index in [-0.39, 0.29) is 31.0 Å². The van der Waals surface area contributed by atoms with Crippen molar-refractivity contribution in [1.82, 2.24) is 0 Å². The molecule has 0 bridgehead atoms. The zero-order chi connectivity index (χ0) is 26.1. The molecule has 1 N–H and O–H groups in total. The topological polar surface area (TPSA) is 99.1 Å². The number of rotatable bonds is 12. The van der Waals surface area contributed by atoms with E-state index >= 15 is 0 Å². The molecule has 0 saturated carbocycles. The lowest BCUT2D eigenvalue weighted by atomic mass is 10.0. The van der Waals surface area contributed by atoms with E-state index in [9.17, 15) is 22.7 Å². The lowest BCUT2D eigenvalue weighted by Crippen LogP contribution is -2.40. The molecule has 3 rings (SSSR count). The first-order valence-corrected chi connectivity index (χ1v) is 12.9. The van der Waals surface area contributed by atoms with Crippen molar-refractivity contribution in [3.8, 4) is 5.75 Å². The summed E-state index contributed by atoms with van der Waals surface area (Å²) in [5.41, 5.74) is 2.22. The molecule has 36 heavy (non-hydrogen) atoms. The second-order valence-electron chi connectivity index (χ2n) is 8.17. The van der Waals surface area contributed by atoms with Gasteiger partial charge in [0, 0.05) is 0 Å². The number of carbonyl (C=O) groups excluding carboxylic acids is 1. The van der Waals surface area contributed by atoms with Gasteiger partial charge in [0.2, 0.25) is 0 Å². The Morgan fingerprint density at radius 1 is 1.03 bits per heavy atom. The van der Waals surface area contributed by atoms with E-state index < -0.39 is 34.1 Å². The molecule has 0 saturated heterocycles. The van der Waals surface area contributed by atoms with Crippen molar-refractivity contribution in [2.75, 3.05) is 6.61 Å². The van der Waals surface area contributed by atoms with Crippen LogP contribution >= 0.6 is 0 Å². The van der Waals surface area contributed by atoms with Crippen molar-refractivity contribution in [2.45, 2.75) is 50.4 Å². The number of hydrogen-bond acceptors (Lipinski definition) is 7. The van der Waals surface area contributed by atoms with Gasteiger partial charge in [0.15, 0.2) is 6.10 Å². The lowest BCUT2D eigenvalue weighted by molar-refractivity contribution is -0.156. The number of hydrogen-bond donors (Lipinski definition) is 1. The third-order valence-corrected chi connectivity index (χ3v) is 6.69. The van der Waals surface area contributed by atoms with E-state index in [0.717, 1.165) is 11.1 Å². The van der Waals surface area contributed by atoms with Gasteiger partial charge in [-0.05, 0) is 68.1 Å². The van der Waals surface area contributed by atoms with E-state index in [1.54, 1.807) is 26.0 Å². The summed E-state index contributed by atoms with van der Waals surface area (Å²) >= 11 is 0. The van der Waals surface area contributed by atoms with Crippen LogP contribution in [0.25, 0.3) is 0 Å². The predicted molar refractivity (Wildman–Crippen MR) is 131 cm³/mol. The minimum atomic E-state index is -4.37. The van der Waals surface area contributed by atoms with Crippen LogP contribution in [0.15, 0.2) is 77.7 Å². The first-order chi connectivity index (χ1) is 17.2. The molecule has 3 aromatic rings. The van der Waals surface area contributed by atoms with E-state index in [1.165, 1.54) is 30.3 Å². The second kappa shape index (κ2) is 12.6. The summed E-state index contributed by atoms with van der Waals surface area (Å²) in [6.07, 6.45) is -3.36. The Balaban J connectivity index is 1.74. The molecule has 0 aliphatic heterocycles.